The molecule has 0 fully saturated rings. The Kier molecular flexibility index (Phi) is 4.82. The summed E-state index contributed by atoms with van der Waals surface area (Å²) in [5, 5.41) is 0. The number of benzene rings is 3. The van der Waals surface area contributed by atoms with E-state index >= 15 is 0 Å². The number of aldehydes is 1. The minimum Gasteiger partial charge on any atom is -0.485 e. The van der Waals surface area contributed by atoms with E-state index in [0.29, 0.717) is 16.9 Å². The van der Waals surface area contributed by atoms with Crippen LogP contribution in [-0.2, 0) is 0 Å². The highest BCUT2D eigenvalue weighted by molar-refractivity contribution is 5.97. The molecule has 0 aliphatic heterocycles. The van der Waals surface area contributed by atoms with Crippen molar-refractivity contribution < 1.29 is 14.3 Å². The average Bonchev–Trinajstić information content (AvgIpc) is 2.67. The predicted molar refractivity (Wildman–Crippen MR) is 93.5 cm³/mol. The van der Waals surface area contributed by atoms with Crippen LogP contribution < -0.4 is 4.74 Å². The van der Waals surface area contributed by atoms with Crippen LogP contribution in [0.25, 0.3) is 11.1 Å². The van der Waals surface area contributed by atoms with Gasteiger partial charge in [-0.1, -0.05) is 54.6 Å². The molecule has 0 heterocycles. The monoisotopic (exact) mass is 316 g/mol. The zero-order valence-electron chi connectivity index (χ0n) is 13.0. The molecule has 0 N–H and O–H groups in total. The lowest BCUT2D eigenvalue weighted by Crippen LogP contribution is -2.11. The summed E-state index contributed by atoms with van der Waals surface area (Å²) < 4.78 is 5.47. The molecule has 118 valence electrons. The first-order valence-electron chi connectivity index (χ1n) is 7.63. The lowest BCUT2D eigenvalue weighted by Gasteiger charge is -2.07. The van der Waals surface area contributed by atoms with Gasteiger partial charge in [-0.25, -0.2) is 0 Å². The second-order valence-corrected chi connectivity index (χ2v) is 5.34. The van der Waals surface area contributed by atoms with Crippen LogP contribution in [0.5, 0.6) is 5.75 Å². The first kappa shape index (κ1) is 15.7. The van der Waals surface area contributed by atoms with Gasteiger partial charge in [0, 0.05) is 11.1 Å². The molecule has 3 aromatic rings. The van der Waals surface area contributed by atoms with Crippen molar-refractivity contribution in [2.75, 3.05) is 6.61 Å². The molecule has 0 bridgehead atoms. The maximum atomic E-state index is 12.2. The Bertz CT molecular complexity index is 819. The van der Waals surface area contributed by atoms with Crippen LogP contribution >= 0.6 is 0 Å². The Morgan fingerprint density at radius 2 is 1.42 bits per heavy atom. The van der Waals surface area contributed by atoms with E-state index in [9.17, 15) is 9.59 Å². The molecule has 0 saturated heterocycles. The first-order valence-corrected chi connectivity index (χ1v) is 7.63. The van der Waals surface area contributed by atoms with E-state index in [1.54, 1.807) is 24.3 Å². The third-order valence-corrected chi connectivity index (χ3v) is 3.70. The molecule has 0 atom stereocenters. The number of hydrogen-bond acceptors (Lipinski definition) is 3. The van der Waals surface area contributed by atoms with Gasteiger partial charge in [-0.3, -0.25) is 9.59 Å². The van der Waals surface area contributed by atoms with Crippen LogP contribution in [0, 0.1) is 0 Å². The van der Waals surface area contributed by atoms with Crippen molar-refractivity contribution in [2.45, 2.75) is 0 Å². The van der Waals surface area contributed by atoms with Crippen LogP contribution in [0.2, 0.25) is 0 Å². The summed E-state index contributed by atoms with van der Waals surface area (Å²) in [5.74, 6) is 0.476. The molecule has 0 radical (unpaired) electrons. The number of carbonyl (C=O) groups excluding carboxylic acids is 2. The van der Waals surface area contributed by atoms with E-state index in [-0.39, 0.29) is 12.4 Å². The highest BCUT2D eigenvalue weighted by atomic mass is 16.5. The molecule has 0 unspecified atom stereocenters. The van der Waals surface area contributed by atoms with E-state index in [0.717, 1.165) is 17.4 Å². The Labute approximate surface area is 140 Å². The van der Waals surface area contributed by atoms with Gasteiger partial charge < -0.3 is 4.74 Å². The van der Waals surface area contributed by atoms with Gasteiger partial charge in [0.05, 0.1) is 0 Å². The summed E-state index contributed by atoms with van der Waals surface area (Å²) in [4.78, 5) is 22.8. The molecule has 0 amide bonds. The Hall–Kier alpha value is -3.20. The highest BCUT2D eigenvalue weighted by Gasteiger charge is 2.07. The van der Waals surface area contributed by atoms with E-state index in [2.05, 4.69) is 0 Å². The van der Waals surface area contributed by atoms with Gasteiger partial charge >= 0.3 is 0 Å². The highest BCUT2D eigenvalue weighted by Crippen LogP contribution is 2.19. The molecule has 3 rings (SSSR count). The summed E-state index contributed by atoms with van der Waals surface area (Å²) in [6.45, 7) is -0.0366. The fraction of sp³-hybridized carbons (Fsp3) is 0.0476. The summed E-state index contributed by atoms with van der Waals surface area (Å²) in [5.41, 5.74) is 3.37. The quantitative estimate of drug-likeness (QED) is 0.499. The molecule has 0 saturated carbocycles. The van der Waals surface area contributed by atoms with Crippen LogP contribution in [0.1, 0.15) is 20.7 Å². The average molecular weight is 316 g/mol. The SMILES string of the molecule is O=Cc1ccc(OCC(=O)c2ccc(-c3ccccc3)cc2)cc1. The van der Waals surface area contributed by atoms with E-state index < -0.39 is 0 Å². The molecular weight excluding hydrogens is 300 g/mol. The third-order valence-electron chi connectivity index (χ3n) is 3.70. The molecule has 3 nitrogen and oxygen atoms in total. The minimum absolute atomic E-state index is 0.0366. The van der Waals surface area contributed by atoms with Crippen LogP contribution in [0.3, 0.4) is 0 Å². The largest absolute Gasteiger partial charge is 0.485 e. The number of Topliss-reactive ketones (excluding diaryl/α,β-unsaturated/α-hetero) is 1. The normalized spacial score (nSPS) is 10.2. The van der Waals surface area contributed by atoms with E-state index in [1.165, 1.54) is 0 Å². The van der Waals surface area contributed by atoms with E-state index in [4.69, 9.17) is 4.74 Å². The summed E-state index contributed by atoms with van der Waals surface area (Å²) in [6, 6.07) is 24.1. The summed E-state index contributed by atoms with van der Waals surface area (Å²) >= 11 is 0. The molecule has 3 heteroatoms. The Morgan fingerprint density at radius 3 is 2.04 bits per heavy atom. The molecule has 0 aliphatic rings. The van der Waals surface area contributed by atoms with Crippen LogP contribution in [0.4, 0.5) is 0 Å². The van der Waals surface area contributed by atoms with Gasteiger partial charge in [-0.2, -0.15) is 0 Å². The number of ketones is 1. The van der Waals surface area contributed by atoms with Crippen molar-refractivity contribution in [3.8, 4) is 16.9 Å². The fourth-order valence-corrected chi connectivity index (χ4v) is 2.35. The minimum atomic E-state index is -0.0888. The van der Waals surface area contributed by atoms with Gasteiger partial charge in [0.1, 0.15) is 12.0 Å². The van der Waals surface area contributed by atoms with Crippen molar-refractivity contribution >= 4 is 12.1 Å². The smallest absolute Gasteiger partial charge is 0.200 e. The summed E-state index contributed by atoms with van der Waals surface area (Å²) in [7, 11) is 0. The number of carbonyl (C=O) groups is 2. The van der Waals surface area contributed by atoms with Crippen molar-refractivity contribution in [1.29, 1.82) is 0 Å². The second kappa shape index (κ2) is 7.38. The zero-order chi connectivity index (χ0) is 16.8. The fourth-order valence-electron chi connectivity index (χ4n) is 2.35. The summed E-state index contributed by atoms with van der Waals surface area (Å²) in [6.07, 6.45) is 0.767. The zero-order valence-corrected chi connectivity index (χ0v) is 13.0. The Morgan fingerprint density at radius 1 is 0.792 bits per heavy atom. The number of rotatable bonds is 6. The molecule has 0 aliphatic carbocycles. The van der Waals surface area contributed by atoms with Gasteiger partial charge in [-0.05, 0) is 35.4 Å². The number of hydrogen-bond donors (Lipinski definition) is 0. The Balaban J connectivity index is 1.63. The first-order chi connectivity index (χ1) is 11.8. The van der Waals surface area contributed by atoms with Crippen LogP contribution in [0.15, 0.2) is 78.9 Å². The van der Waals surface area contributed by atoms with Crippen molar-refractivity contribution in [3.05, 3.63) is 90.0 Å². The van der Waals surface area contributed by atoms with Crippen LogP contribution in [-0.4, -0.2) is 18.7 Å². The standard InChI is InChI=1S/C21H16O3/c22-14-16-6-12-20(13-7-16)24-15-21(23)19-10-8-18(9-11-19)17-4-2-1-3-5-17/h1-14H,15H2. The van der Waals surface area contributed by atoms with Gasteiger partial charge in [0.2, 0.25) is 0 Å². The van der Waals surface area contributed by atoms with Crippen molar-refractivity contribution in [1.82, 2.24) is 0 Å². The third kappa shape index (κ3) is 3.76. The van der Waals surface area contributed by atoms with Gasteiger partial charge in [-0.15, -0.1) is 0 Å². The molecular formula is C21H16O3. The lowest BCUT2D eigenvalue weighted by atomic mass is 10.0. The maximum absolute atomic E-state index is 12.2. The maximum Gasteiger partial charge on any atom is 0.200 e. The van der Waals surface area contributed by atoms with Gasteiger partial charge in [0.25, 0.3) is 0 Å². The lowest BCUT2D eigenvalue weighted by molar-refractivity contribution is 0.0921. The topological polar surface area (TPSA) is 43.4 Å². The van der Waals surface area contributed by atoms with E-state index in [1.807, 2.05) is 54.6 Å². The van der Waals surface area contributed by atoms with Gasteiger partial charge in [0.15, 0.2) is 12.4 Å². The second-order valence-electron chi connectivity index (χ2n) is 5.34. The number of ether oxygens (including phenoxy) is 1. The van der Waals surface area contributed by atoms with Crippen molar-refractivity contribution in [3.63, 3.8) is 0 Å². The molecule has 24 heavy (non-hydrogen) atoms. The molecule has 0 aromatic heterocycles. The molecule has 0 spiro atoms. The predicted octanol–water partition coefficient (Wildman–Crippen LogP) is 4.43. The van der Waals surface area contributed by atoms with Crippen molar-refractivity contribution in [2.24, 2.45) is 0 Å². The molecule has 3 aromatic carbocycles.